The topological polar surface area (TPSA) is 77.7 Å². The van der Waals surface area contributed by atoms with E-state index in [0.717, 1.165) is 17.0 Å². The molecule has 3 rings (SSSR count). The molecule has 0 bridgehead atoms. The number of fused-ring (bicyclic) bond motifs is 1. The van der Waals surface area contributed by atoms with Crippen LogP contribution in [0.5, 0.6) is 5.75 Å². The van der Waals surface area contributed by atoms with E-state index in [-0.39, 0.29) is 5.56 Å². The SMILES string of the molecule is CCOCCCn1c(N/N=C(/C)c2ccccc2OC)nc2ccccc2c1=O. The molecule has 2 aromatic carbocycles. The molecule has 0 radical (unpaired) electrons. The highest BCUT2D eigenvalue weighted by atomic mass is 16.5. The average molecular weight is 394 g/mol. The second-order valence-electron chi connectivity index (χ2n) is 6.47. The maximum absolute atomic E-state index is 13.0. The Labute approximate surface area is 170 Å². The van der Waals surface area contributed by atoms with Gasteiger partial charge in [0.15, 0.2) is 0 Å². The standard InChI is InChI=1S/C22H26N4O3/c1-4-29-15-9-14-26-21(27)18-11-5-7-12-19(18)23-22(26)25-24-16(2)17-10-6-8-13-20(17)28-3/h5-8,10-13H,4,9,14-15H2,1-3H3,(H,23,25)/b24-16-. The van der Waals surface area contributed by atoms with E-state index in [9.17, 15) is 4.79 Å². The van der Waals surface area contributed by atoms with E-state index in [4.69, 9.17) is 9.47 Å². The highest BCUT2D eigenvalue weighted by Crippen LogP contribution is 2.18. The number of nitrogens with one attached hydrogen (secondary N) is 1. The van der Waals surface area contributed by atoms with E-state index in [0.29, 0.717) is 43.0 Å². The molecular weight excluding hydrogens is 368 g/mol. The van der Waals surface area contributed by atoms with Gasteiger partial charge in [-0.15, -0.1) is 0 Å². The van der Waals surface area contributed by atoms with Gasteiger partial charge in [-0.25, -0.2) is 10.4 Å². The fraction of sp³-hybridized carbons (Fsp3) is 0.318. The lowest BCUT2D eigenvalue weighted by Gasteiger charge is -2.14. The van der Waals surface area contributed by atoms with Gasteiger partial charge in [-0.2, -0.15) is 5.10 Å². The molecule has 1 heterocycles. The summed E-state index contributed by atoms with van der Waals surface area (Å²) < 4.78 is 12.4. The highest BCUT2D eigenvalue weighted by Gasteiger charge is 2.11. The van der Waals surface area contributed by atoms with Crippen molar-refractivity contribution in [1.82, 2.24) is 9.55 Å². The number of hydrogen-bond acceptors (Lipinski definition) is 6. The number of benzene rings is 2. The Hall–Kier alpha value is -3.19. The first kappa shape index (κ1) is 20.5. The predicted octanol–water partition coefficient (Wildman–Crippen LogP) is 3.67. The zero-order valence-corrected chi connectivity index (χ0v) is 17.0. The summed E-state index contributed by atoms with van der Waals surface area (Å²) in [4.78, 5) is 17.6. The third-order valence-corrected chi connectivity index (χ3v) is 4.56. The first-order valence-electron chi connectivity index (χ1n) is 9.66. The Morgan fingerprint density at radius 1 is 1.17 bits per heavy atom. The summed E-state index contributed by atoms with van der Waals surface area (Å²) in [5.74, 6) is 1.13. The van der Waals surface area contributed by atoms with E-state index in [1.807, 2.05) is 56.3 Å². The molecule has 0 aliphatic carbocycles. The molecule has 0 saturated carbocycles. The first-order chi connectivity index (χ1) is 14.2. The number of aromatic nitrogens is 2. The van der Waals surface area contributed by atoms with Crippen molar-refractivity contribution in [3.05, 3.63) is 64.4 Å². The van der Waals surface area contributed by atoms with Crippen LogP contribution in [0.2, 0.25) is 0 Å². The van der Waals surface area contributed by atoms with Crippen LogP contribution in [0.25, 0.3) is 10.9 Å². The smallest absolute Gasteiger partial charge is 0.262 e. The molecule has 0 fully saturated rings. The Morgan fingerprint density at radius 2 is 1.93 bits per heavy atom. The van der Waals surface area contributed by atoms with Crippen LogP contribution in [0.15, 0.2) is 58.4 Å². The van der Waals surface area contributed by atoms with Crippen LogP contribution in [-0.2, 0) is 11.3 Å². The van der Waals surface area contributed by atoms with Crippen molar-refractivity contribution in [1.29, 1.82) is 0 Å². The summed E-state index contributed by atoms with van der Waals surface area (Å²) >= 11 is 0. The van der Waals surface area contributed by atoms with Gasteiger partial charge in [-0.05, 0) is 44.5 Å². The Bertz CT molecular complexity index is 1060. The zero-order chi connectivity index (χ0) is 20.6. The predicted molar refractivity (Wildman–Crippen MR) is 116 cm³/mol. The quantitative estimate of drug-likeness (QED) is 0.340. The molecule has 29 heavy (non-hydrogen) atoms. The van der Waals surface area contributed by atoms with Gasteiger partial charge in [0.05, 0.1) is 23.7 Å². The largest absolute Gasteiger partial charge is 0.496 e. The van der Waals surface area contributed by atoms with Gasteiger partial charge in [0, 0.05) is 25.3 Å². The summed E-state index contributed by atoms with van der Waals surface area (Å²) in [5, 5.41) is 5.04. The monoisotopic (exact) mass is 394 g/mol. The Kier molecular flexibility index (Phi) is 6.97. The normalized spacial score (nSPS) is 11.6. The van der Waals surface area contributed by atoms with Crippen molar-refractivity contribution in [2.75, 3.05) is 25.7 Å². The number of para-hydroxylation sites is 2. The number of hydrogen-bond donors (Lipinski definition) is 1. The molecule has 0 aliphatic heterocycles. The van der Waals surface area contributed by atoms with Gasteiger partial charge >= 0.3 is 0 Å². The second kappa shape index (κ2) is 9.84. The first-order valence-corrected chi connectivity index (χ1v) is 9.66. The maximum atomic E-state index is 13.0. The van der Waals surface area contributed by atoms with Crippen LogP contribution < -0.4 is 15.7 Å². The van der Waals surface area contributed by atoms with Gasteiger partial charge in [0.25, 0.3) is 5.56 Å². The van der Waals surface area contributed by atoms with Crippen molar-refractivity contribution in [3.63, 3.8) is 0 Å². The summed E-state index contributed by atoms with van der Waals surface area (Å²) in [5.41, 5.74) is 5.11. The van der Waals surface area contributed by atoms with Gasteiger partial charge < -0.3 is 9.47 Å². The van der Waals surface area contributed by atoms with Gasteiger partial charge in [0.2, 0.25) is 5.95 Å². The van der Waals surface area contributed by atoms with Crippen LogP contribution in [0, 0.1) is 0 Å². The Morgan fingerprint density at radius 3 is 2.72 bits per heavy atom. The van der Waals surface area contributed by atoms with Crippen molar-refractivity contribution >= 4 is 22.6 Å². The number of ether oxygens (including phenoxy) is 2. The highest BCUT2D eigenvalue weighted by molar-refractivity contribution is 6.01. The van der Waals surface area contributed by atoms with Crippen LogP contribution in [0.3, 0.4) is 0 Å². The average Bonchev–Trinajstić information content (AvgIpc) is 2.76. The molecule has 0 unspecified atom stereocenters. The van der Waals surface area contributed by atoms with Crippen molar-refractivity contribution in [2.45, 2.75) is 26.8 Å². The minimum Gasteiger partial charge on any atom is -0.496 e. The third-order valence-electron chi connectivity index (χ3n) is 4.56. The molecule has 7 heteroatoms. The molecular formula is C22H26N4O3. The lowest BCUT2D eigenvalue weighted by atomic mass is 10.1. The van der Waals surface area contributed by atoms with Crippen molar-refractivity contribution < 1.29 is 9.47 Å². The molecule has 1 N–H and O–H groups in total. The number of hydrazone groups is 1. The number of nitrogens with zero attached hydrogens (tertiary/aromatic N) is 3. The van der Waals surface area contributed by atoms with Crippen LogP contribution in [0.4, 0.5) is 5.95 Å². The second-order valence-corrected chi connectivity index (χ2v) is 6.47. The zero-order valence-electron chi connectivity index (χ0n) is 17.0. The summed E-state index contributed by atoms with van der Waals surface area (Å²) in [7, 11) is 1.63. The van der Waals surface area contributed by atoms with E-state index in [1.165, 1.54) is 0 Å². The molecule has 0 spiro atoms. The van der Waals surface area contributed by atoms with Crippen molar-refractivity contribution in [3.8, 4) is 5.75 Å². The molecule has 0 atom stereocenters. The van der Waals surface area contributed by atoms with E-state index < -0.39 is 0 Å². The third kappa shape index (κ3) is 4.81. The Balaban J connectivity index is 1.95. The van der Waals surface area contributed by atoms with Gasteiger partial charge in [0.1, 0.15) is 5.75 Å². The van der Waals surface area contributed by atoms with Crippen LogP contribution >= 0.6 is 0 Å². The molecule has 0 aliphatic rings. The van der Waals surface area contributed by atoms with Gasteiger partial charge in [-0.3, -0.25) is 9.36 Å². The summed E-state index contributed by atoms with van der Waals surface area (Å²) in [6.45, 7) is 5.55. The lowest BCUT2D eigenvalue weighted by molar-refractivity contribution is 0.141. The van der Waals surface area contributed by atoms with Crippen LogP contribution in [0.1, 0.15) is 25.8 Å². The fourth-order valence-corrected chi connectivity index (χ4v) is 3.07. The summed E-state index contributed by atoms with van der Waals surface area (Å²) in [6.07, 6.45) is 0.706. The molecule has 152 valence electrons. The molecule has 0 saturated heterocycles. The van der Waals surface area contributed by atoms with Crippen molar-refractivity contribution in [2.24, 2.45) is 5.10 Å². The number of anilines is 1. The maximum Gasteiger partial charge on any atom is 0.262 e. The minimum atomic E-state index is -0.0975. The minimum absolute atomic E-state index is 0.0975. The van der Waals surface area contributed by atoms with Gasteiger partial charge in [-0.1, -0.05) is 24.3 Å². The molecule has 1 aromatic heterocycles. The van der Waals surface area contributed by atoms with Crippen LogP contribution in [-0.4, -0.2) is 35.6 Å². The molecule has 0 amide bonds. The number of rotatable bonds is 9. The fourth-order valence-electron chi connectivity index (χ4n) is 3.07. The molecule has 3 aromatic rings. The van der Waals surface area contributed by atoms with E-state index in [2.05, 4.69) is 15.5 Å². The van der Waals surface area contributed by atoms with E-state index in [1.54, 1.807) is 17.7 Å². The summed E-state index contributed by atoms with van der Waals surface area (Å²) in [6, 6.07) is 15.0. The van der Waals surface area contributed by atoms with E-state index >= 15 is 0 Å². The lowest BCUT2D eigenvalue weighted by Crippen LogP contribution is -2.25. The number of methoxy groups -OCH3 is 1. The molecule has 7 nitrogen and oxygen atoms in total.